The SMILES string of the molecule is CCC1CN(Cc2cccc(N)c2C(=O)OC)CCS1. The molecule has 0 radical (unpaired) electrons. The fourth-order valence-corrected chi connectivity index (χ4v) is 3.76. The molecule has 1 fully saturated rings. The van der Waals surface area contributed by atoms with Crippen LogP contribution in [0.4, 0.5) is 5.69 Å². The van der Waals surface area contributed by atoms with Gasteiger partial charge in [-0.3, -0.25) is 4.90 Å². The molecule has 1 saturated heterocycles. The van der Waals surface area contributed by atoms with Crippen LogP contribution in [0.15, 0.2) is 18.2 Å². The fourth-order valence-electron chi connectivity index (χ4n) is 2.51. The monoisotopic (exact) mass is 294 g/mol. The molecule has 0 spiro atoms. The molecule has 0 amide bonds. The average Bonchev–Trinajstić information content (AvgIpc) is 2.47. The number of methoxy groups -OCH3 is 1. The van der Waals surface area contributed by atoms with Gasteiger partial charge in [-0.15, -0.1) is 0 Å². The molecule has 0 saturated carbocycles. The Morgan fingerprint density at radius 2 is 2.35 bits per heavy atom. The maximum atomic E-state index is 11.9. The molecule has 110 valence electrons. The number of nitrogens with zero attached hydrogens (tertiary/aromatic N) is 1. The summed E-state index contributed by atoms with van der Waals surface area (Å²) in [5.74, 6) is 0.797. The van der Waals surface area contributed by atoms with Crippen molar-refractivity contribution in [2.45, 2.75) is 25.1 Å². The Kier molecular flexibility index (Phi) is 5.31. The van der Waals surface area contributed by atoms with E-state index in [-0.39, 0.29) is 5.97 Å². The fraction of sp³-hybridized carbons (Fsp3) is 0.533. The third kappa shape index (κ3) is 3.46. The molecule has 1 atom stereocenters. The molecule has 1 aliphatic rings. The molecule has 1 heterocycles. The third-order valence-corrected chi connectivity index (χ3v) is 5.02. The van der Waals surface area contributed by atoms with Gasteiger partial charge in [-0.1, -0.05) is 19.1 Å². The molecule has 1 aromatic rings. The van der Waals surface area contributed by atoms with Crippen molar-refractivity contribution in [3.63, 3.8) is 0 Å². The summed E-state index contributed by atoms with van der Waals surface area (Å²) in [6.45, 7) is 5.10. The Balaban J connectivity index is 2.16. The molecule has 0 aromatic heterocycles. The van der Waals surface area contributed by atoms with Crippen LogP contribution in [-0.4, -0.2) is 42.1 Å². The van der Waals surface area contributed by atoms with E-state index in [1.165, 1.54) is 13.5 Å². The third-order valence-electron chi connectivity index (χ3n) is 3.64. The van der Waals surface area contributed by atoms with Gasteiger partial charge in [0.05, 0.1) is 12.7 Å². The van der Waals surface area contributed by atoms with E-state index < -0.39 is 0 Å². The van der Waals surface area contributed by atoms with Crippen LogP contribution in [0.1, 0.15) is 29.3 Å². The molecular formula is C15H22N2O2S. The van der Waals surface area contributed by atoms with Crippen molar-refractivity contribution in [1.29, 1.82) is 0 Å². The molecule has 1 aromatic carbocycles. The number of anilines is 1. The van der Waals surface area contributed by atoms with Gasteiger partial charge in [0.25, 0.3) is 0 Å². The minimum atomic E-state index is -0.350. The summed E-state index contributed by atoms with van der Waals surface area (Å²) in [4.78, 5) is 14.3. The van der Waals surface area contributed by atoms with Crippen molar-refractivity contribution in [3.05, 3.63) is 29.3 Å². The number of carbonyl (C=O) groups excluding carboxylic acids is 1. The number of nitrogens with two attached hydrogens (primary N) is 1. The van der Waals surface area contributed by atoms with Crippen molar-refractivity contribution in [1.82, 2.24) is 4.90 Å². The van der Waals surface area contributed by atoms with Crippen LogP contribution in [0.3, 0.4) is 0 Å². The number of esters is 1. The average molecular weight is 294 g/mol. The number of carbonyl (C=O) groups is 1. The topological polar surface area (TPSA) is 55.6 Å². The van der Waals surface area contributed by atoms with Crippen molar-refractivity contribution < 1.29 is 9.53 Å². The van der Waals surface area contributed by atoms with Crippen LogP contribution in [0.25, 0.3) is 0 Å². The summed E-state index contributed by atoms with van der Waals surface area (Å²) in [7, 11) is 1.39. The highest BCUT2D eigenvalue weighted by molar-refractivity contribution is 8.00. The lowest BCUT2D eigenvalue weighted by molar-refractivity contribution is 0.0599. The van der Waals surface area contributed by atoms with E-state index in [0.29, 0.717) is 16.5 Å². The number of nitrogen functional groups attached to an aromatic ring is 1. The first-order valence-electron chi connectivity index (χ1n) is 6.95. The molecule has 2 N–H and O–H groups in total. The van der Waals surface area contributed by atoms with E-state index in [9.17, 15) is 4.79 Å². The zero-order chi connectivity index (χ0) is 14.5. The highest BCUT2D eigenvalue weighted by atomic mass is 32.2. The largest absolute Gasteiger partial charge is 0.465 e. The maximum Gasteiger partial charge on any atom is 0.340 e. The van der Waals surface area contributed by atoms with Crippen molar-refractivity contribution in [2.24, 2.45) is 0 Å². The molecule has 20 heavy (non-hydrogen) atoms. The van der Waals surface area contributed by atoms with Crippen LogP contribution < -0.4 is 5.73 Å². The molecule has 4 nitrogen and oxygen atoms in total. The van der Waals surface area contributed by atoms with Crippen molar-refractivity contribution >= 4 is 23.4 Å². The predicted octanol–water partition coefficient (Wildman–Crippen LogP) is 2.38. The van der Waals surface area contributed by atoms with Crippen LogP contribution in [0, 0.1) is 0 Å². The summed E-state index contributed by atoms with van der Waals surface area (Å²) in [6, 6.07) is 5.61. The summed E-state index contributed by atoms with van der Waals surface area (Å²) >= 11 is 2.04. The Labute approximate surface area is 124 Å². The van der Waals surface area contributed by atoms with Gasteiger partial charge in [-0.25, -0.2) is 4.79 Å². The van der Waals surface area contributed by atoms with Gasteiger partial charge in [0.15, 0.2) is 0 Å². The van der Waals surface area contributed by atoms with Crippen molar-refractivity contribution in [2.75, 3.05) is 31.7 Å². The van der Waals surface area contributed by atoms with E-state index in [1.807, 2.05) is 23.9 Å². The molecule has 1 unspecified atom stereocenters. The zero-order valence-corrected chi connectivity index (χ0v) is 12.9. The second-order valence-electron chi connectivity index (χ2n) is 5.01. The quantitative estimate of drug-likeness (QED) is 0.682. The van der Waals surface area contributed by atoms with Crippen molar-refractivity contribution in [3.8, 4) is 0 Å². The first-order valence-corrected chi connectivity index (χ1v) is 8.00. The number of hydrogen-bond acceptors (Lipinski definition) is 5. The highest BCUT2D eigenvalue weighted by Gasteiger charge is 2.22. The number of thioether (sulfide) groups is 1. The second-order valence-corrected chi connectivity index (χ2v) is 6.42. The number of benzene rings is 1. The smallest absolute Gasteiger partial charge is 0.340 e. The molecule has 0 aliphatic carbocycles. The van der Waals surface area contributed by atoms with E-state index >= 15 is 0 Å². The van der Waals surface area contributed by atoms with Crippen LogP contribution in [-0.2, 0) is 11.3 Å². The van der Waals surface area contributed by atoms with Gasteiger partial charge >= 0.3 is 5.97 Å². The number of rotatable bonds is 4. The van der Waals surface area contributed by atoms with E-state index in [2.05, 4.69) is 11.8 Å². The van der Waals surface area contributed by atoms with Crippen LogP contribution >= 0.6 is 11.8 Å². The summed E-state index contributed by atoms with van der Waals surface area (Å²) < 4.78 is 4.85. The molecular weight excluding hydrogens is 272 g/mol. The normalized spacial score (nSPS) is 19.8. The molecule has 2 rings (SSSR count). The van der Waals surface area contributed by atoms with Gasteiger partial charge in [0.1, 0.15) is 0 Å². The summed E-state index contributed by atoms with van der Waals surface area (Å²) in [5, 5.41) is 0.686. The van der Waals surface area contributed by atoms with E-state index in [0.717, 1.165) is 31.0 Å². The Morgan fingerprint density at radius 3 is 3.05 bits per heavy atom. The van der Waals surface area contributed by atoms with Gasteiger partial charge in [0, 0.05) is 36.3 Å². The zero-order valence-electron chi connectivity index (χ0n) is 12.1. The lowest BCUT2D eigenvalue weighted by atomic mass is 10.0. The summed E-state index contributed by atoms with van der Waals surface area (Å²) in [6.07, 6.45) is 1.18. The minimum Gasteiger partial charge on any atom is -0.465 e. The van der Waals surface area contributed by atoms with Crippen LogP contribution in [0.2, 0.25) is 0 Å². The molecule has 0 bridgehead atoms. The minimum absolute atomic E-state index is 0.350. The Morgan fingerprint density at radius 1 is 1.55 bits per heavy atom. The summed E-state index contributed by atoms with van der Waals surface area (Å²) in [5.41, 5.74) is 7.90. The lowest BCUT2D eigenvalue weighted by Crippen LogP contribution is -2.37. The second kappa shape index (κ2) is 6.99. The molecule has 5 heteroatoms. The predicted molar refractivity (Wildman–Crippen MR) is 84.0 cm³/mol. The first-order chi connectivity index (χ1) is 9.65. The van der Waals surface area contributed by atoms with Gasteiger partial charge in [-0.05, 0) is 18.1 Å². The lowest BCUT2D eigenvalue weighted by Gasteiger charge is -2.32. The Bertz CT molecular complexity index is 479. The van der Waals surface area contributed by atoms with Crippen LogP contribution in [0.5, 0.6) is 0 Å². The van der Waals surface area contributed by atoms with Gasteiger partial charge in [0.2, 0.25) is 0 Å². The Hall–Kier alpha value is -1.20. The van der Waals surface area contributed by atoms with Gasteiger partial charge < -0.3 is 10.5 Å². The standard InChI is InChI=1S/C15H22N2O2S/c1-3-12-10-17(7-8-20-12)9-11-5-4-6-13(16)14(11)15(18)19-2/h4-6,12H,3,7-10,16H2,1-2H3. The number of ether oxygens (including phenoxy) is 1. The van der Waals surface area contributed by atoms with E-state index in [1.54, 1.807) is 6.07 Å². The number of hydrogen-bond donors (Lipinski definition) is 1. The van der Waals surface area contributed by atoms with Gasteiger partial charge in [-0.2, -0.15) is 11.8 Å². The maximum absolute atomic E-state index is 11.9. The molecule has 1 aliphatic heterocycles. The van der Waals surface area contributed by atoms with E-state index in [4.69, 9.17) is 10.5 Å². The highest BCUT2D eigenvalue weighted by Crippen LogP contribution is 2.25. The first kappa shape index (κ1) is 15.2.